The number of para-hydroxylation sites is 1. The van der Waals surface area contributed by atoms with E-state index in [2.05, 4.69) is 67.7 Å². The minimum Gasteiger partial charge on any atom is -0.343 e. The smallest absolute Gasteiger partial charge is 0.0528 e. The third-order valence-corrected chi connectivity index (χ3v) is 3.01. The van der Waals surface area contributed by atoms with E-state index >= 15 is 0 Å². The molecule has 0 spiro atoms. The monoisotopic (exact) mass is 242 g/mol. The van der Waals surface area contributed by atoms with Crippen LogP contribution in [0.3, 0.4) is 0 Å². The van der Waals surface area contributed by atoms with E-state index in [-0.39, 0.29) is 5.54 Å². The van der Waals surface area contributed by atoms with Crippen LogP contribution in [-0.2, 0) is 13.1 Å². The SMILES string of the molecule is C=CCn1ccc2cccc(CNC(C)(C)C)c21. The van der Waals surface area contributed by atoms with Crippen LogP contribution < -0.4 is 5.32 Å². The first-order chi connectivity index (χ1) is 8.51. The van der Waals surface area contributed by atoms with Crippen molar-refractivity contribution in [2.45, 2.75) is 39.4 Å². The molecule has 2 rings (SSSR count). The fourth-order valence-electron chi connectivity index (χ4n) is 2.14. The molecular formula is C16H22N2. The third kappa shape index (κ3) is 2.82. The van der Waals surface area contributed by atoms with Crippen molar-refractivity contribution in [2.75, 3.05) is 0 Å². The fraction of sp³-hybridized carbons (Fsp3) is 0.375. The van der Waals surface area contributed by atoms with Gasteiger partial charge in [-0.2, -0.15) is 0 Å². The van der Waals surface area contributed by atoms with Crippen LogP contribution in [0.2, 0.25) is 0 Å². The maximum Gasteiger partial charge on any atom is 0.0528 e. The molecule has 2 heteroatoms. The van der Waals surface area contributed by atoms with Crippen molar-refractivity contribution in [3.05, 3.63) is 48.7 Å². The number of rotatable bonds is 4. The van der Waals surface area contributed by atoms with Crippen molar-refractivity contribution in [3.63, 3.8) is 0 Å². The Hall–Kier alpha value is -1.54. The van der Waals surface area contributed by atoms with Crippen molar-refractivity contribution in [1.82, 2.24) is 9.88 Å². The van der Waals surface area contributed by atoms with E-state index < -0.39 is 0 Å². The van der Waals surface area contributed by atoms with Crippen molar-refractivity contribution in [2.24, 2.45) is 0 Å². The van der Waals surface area contributed by atoms with Crippen LogP contribution in [0, 0.1) is 0 Å². The maximum absolute atomic E-state index is 3.82. The highest BCUT2D eigenvalue weighted by atomic mass is 15.0. The second-order valence-corrected chi connectivity index (χ2v) is 5.72. The number of fused-ring (bicyclic) bond motifs is 1. The molecule has 0 fully saturated rings. The van der Waals surface area contributed by atoms with E-state index in [9.17, 15) is 0 Å². The van der Waals surface area contributed by atoms with Crippen LogP contribution >= 0.6 is 0 Å². The van der Waals surface area contributed by atoms with Crippen molar-refractivity contribution in [1.29, 1.82) is 0 Å². The highest BCUT2D eigenvalue weighted by Gasteiger charge is 2.11. The van der Waals surface area contributed by atoms with Crippen LogP contribution in [-0.4, -0.2) is 10.1 Å². The lowest BCUT2D eigenvalue weighted by atomic mass is 10.1. The van der Waals surface area contributed by atoms with E-state index in [1.165, 1.54) is 16.5 Å². The van der Waals surface area contributed by atoms with Crippen LogP contribution in [0.25, 0.3) is 10.9 Å². The van der Waals surface area contributed by atoms with Crippen LogP contribution in [0.4, 0.5) is 0 Å². The molecule has 1 heterocycles. The lowest BCUT2D eigenvalue weighted by Crippen LogP contribution is -2.35. The van der Waals surface area contributed by atoms with Gasteiger partial charge in [-0.25, -0.2) is 0 Å². The van der Waals surface area contributed by atoms with Gasteiger partial charge in [0.2, 0.25) is 0 Å². The minimum atomic E-state index is 0.137. The molecular weight excluding hydrogens is 220 g/mol. The first-order valence-corrected chi connectivity index (χ1v) is 6.44. The highest BCUT2D eigenvalue weighted by Crippen LogP contribution is 2.21. The van der Waals surface area contributed by atoms with Crippen molar-refractivity contribution in [3.8, 4) is 0 Å². The summed E-state index contributed by atoms with van der Waals surface area (Å²) in [6, 6.07) is 8.65. The summed E-state index contributed by atoms with van der Waals surface area (Å²) in [4.78, 5) is 0. The third-order valence-electron chi connectivity index (χ3n) is 3.01. The Morgan fingerprint density at radius 2 is 2.06 bits per heavy atom. The van der Waals surface area contributed by atoms with Gasteiger partial charge in [0.1, 0.15) is 0 Å². The molecule has 1 aromatic heterocycles. The molecule has 2 nitrogen and oxygen atoms in total. The first kappa shape index (κ1) is 12.9. The summed E-state index contributed by atoms with van der Waals surface area (Å²) in [6.07, 6.45) is 4.07. The fourth-order valence-corrected chi connectivity index (χ4v) is 2.14. The second-order valence-electron chi connectivity index (χ2n) is 5.72. The Labute approximate surface area is 109 Å². The summed E-state index contributed by atoms with van der Waals surface area (Å²) in [6.45, 7) is 12.1. The van der Waals surface area contributed by atoms with Gasteiger partial charge in [-0.05, 0) is 37.8 Å². The Morgan fingerprint density at radius 1 is 1.28 bits per heavy atom. The molecule has 0 unspecified atom stereocenters. The van der Waals surface area contributed by atoms with E-state index in [1.807, 2.05) is 6.08 Å². The van der Waals surface area contributed by atoms with Gasteiger partial charge in [-0.3, -0.25) is 0 Å². The van der Waals surface area contributed by atoms with E-state index in [1.54, 1.807) is 0 Å². The van der Waals surface area contributed by atoms with Crippen molar-refractivity contribution < 1.29 is 0 Å². The largest absolute Gasteiger partial charge is 0.343 e. The minimum absolute atomic E-state index is 0.137. The van der Waals surface area contributed by atoms with Gasteiger partial charge in [-0.1, -0.05) is 24.3 Å². The van der Waals surface area contributed by atoms with E-state index in [0.717, 1.165) is 13.1 Å². The molecule has 0 bridgehead atoms. The van der Waals surface area contributed by atoms with E-state index in [4.69, 9.17) is 0 Å². The molecule has 0 aliphatic carbocycles. The molecule has 1 aromatic carbocycles. The molecule has 18 heavy (non-hydrogen) atoms. The molecule has 1 N–H and O–H groups in total. The van der Waals surface area contributed by atoms with Gasteiger partial charge in [-0.15, -0.1) is 6.58 Å². The summed E-state index contributed by atoms with van der Waals surface area (Å²) in [5, 5.41) is 4.85. The predicted molar refractivity (Wildman–Crippen MR) is 78.7 cm³/mol. The topological polar surface area (TPSA) is 17.0 Å². The average molecular weight is 242 g/mol. The molecule has 0 saturated carbocycles. The van der Waals surface area contributed by atoms with E-state index in [0.29, 0.717) is 0 Å². The normalized spacial score (nSPS) is 11.9. The van der Waals surface area contributed by atoms with Gasteiger partial charge in [0, 0.05) is 24.8 Å². The Bertz CT molecular complexity index is 544. The zero-order valence-electron chi connectivity index (χ0n) is 11.5. The lowest BCUT2D eigenvalue weighted by molar-refractivity contribution is 0.425. The summed E-state index contributed by atoms with van der Waals surface area (Å²) < 4.78 is 2.25. The first-order valence-electron chi connectivity index (χ1n) is 6.44. The molecule has 0 amide bonds. The zero-order chi connectivity index (χ0) is 13.2. The van der Waals surface area contributed by atoms with Crippen LogP contribution in [0.5, 0.6) is 0 Å². The average Bonchev–Trinajstić information content (AvgIpc) is 2.70. The number of nitrogens with zero attached hydrogens (tertiary/aromatic N) is 1. The molecule has 0 atom stereocenters. The Balaban J connectivity index is 2.36. The van der Waals surface area contributed by atoms with Crippen molar-refractivity contribution >= 4 is 10.9 Å². The Morgan fingerprint density at radius 3 is 2.72 bits per heavy atom. The summed E-state index contributed by atoms with van der Waals surface area (Å²) in [7, 11) is 0. The standard InChI is InChI=1S/C16H22N2/c1-5-10-18-11-9-13-7-6-8-14(15(13)18)12-17-16(2,3)4/h5-9,11,17H,1,10,12H2,2-4H3. The molecule has 0 saturated heterocycles. The van der Waals surface area contributed by atoms with Gasteiger partial charge < -0.3 is 9.88 Å². The molecule has 0 aliphatic heterocycles. The number of hydrogen-bond donors (Lipinski definition) is 1. The predicted octanol–water partition coefficient (Wildman–Crippen LogP) is 3.72. The van der Waals surface area contributed by atoms with Gasteiger partial charge in [0.15, 0.2) is 0 Å². The van der Waals surface area contributed by atoms with Crippen LogP contribution in [0.1, 0.15) is 26.3 Å². The molecule has 0 radical (unpaired) electrons. The number of allylic oxidation sites excluding steroid dienone is 1. The maximum atomic E-state index is 3.82. The molecule has 0 aliphatic rings. The number of benzene rings is 1. The quantitative estimate of drug-likeness (QED) is 0.809. The van der Waals surface area contributed by atoms with Gasteiger partial charge >= 0.3 is 0 Å². The second kappa shape index (κ2) is 4.99. The van der Waals surface area contributed by atoms with Gasteiger partial charge in [0.05, 0.1) is 5.52 Å². The van der Waals surface area contributed by atoms with Gasteiger partial charge in [0.25, 0.3) is 0 Å². The summed E-state index contributed by atoms with van der Waals surface area (Å²) in [5.74, 6) is 0. The number of hydrogen-bond acceptors (Lipinski definition) is 1. The zero-order valence-corrected chi connectivity index (χ0v) is 11.5. The molecule has 96 valence electrons. The number of nitrogens with one attached hydrogen (secondary N) is 1. The number of aromatic nitrogens is 1. The summed E-state index contributed by atoms with van der Waals surface area (Å²) in [5.41, 5.74) is 2.79. The highest BCUT2D eigenvalue weighted by molar-refractivity contribution is 5.83. The molecule has 2 aromatic rings. The summed E-state index contributed by atoms with van der Waals surface area (Å²) >= 11 is 0. The van der Waals surface area contributed by atoms with Crippen LogP contribution in [0.15, 0.2) is 43.1 Å². The lowest BCUT2D eigenvalue weighted by Gasteiger charge is -2.21. The Kier molecular flexibility index (Phi) is 3.58.